The summed E-state index contributed by atoms with van der Waals surface area (Å²) in [4.78, 5) is 33.5. The first kappa shape index (κ1) is 25.9. The van der Waals surface area contributed by atoms with Gasteiger partial charge in [-0.3, -0.25) is 9.89 Å². The smallest absolute Gasteiger partial charge is 0.334 e. The van der Waals surface area contributed by atoms with Gasteiger partial charge in [-0.1, -0.05) is 42.5 Å². The summed E-state index contributed by atoms with van der Waals surface area (Å²) in [5, 5.41) is 0. The fourth-order valence-corrected chi connectivity index (χ4v) is 3.83. The van der Waals surface area contributed by atoms with E-state index in [9.17, 15) is 9.59 Å². The SMILES string of the molecule is CCN(CCOC)C(=O)N(CC1=CC=C(C(=O)OC)CC=C1)c1cccc(C2=CN=CC=CC2)c1. The van der Waals surface area contributed by atoms with Gasteiger partial charge < -0.3 is 14.4 Å². The standard InChI is InChI=1S/C28H33N3O4/c1-4-30(17-18-34-2)28(33)31(21-22-9-7-11-23(15-14-22)27(32)35-3)26-13-8-12-24(19-26)25-10-5-6-16-29-20-25/h5-9,12-16,19-20H,4,10-11,17-18,21H2,1-3H3. The first-order valence-corrected chi connectivity index (χ1v) is 11.7. The molecule has 1 aromatic rings. The van der Waals surface area contributed by atoms with E-state index in [4.69, 9.17) is 9.47 Å². The first-order valence-electron chi connectivity index (χ1n) is 11.7. The van der Waals surface area contributed by atoms with Crippen molar-refractivity contribution >= 4 is 29.5 Å². The van der Waals surface area contributed by atoms with Crippen LogP contribution >= 0.6 is 0 Å². The van der Waals surface area contributed by atoms with E-state index in [1.54, 1.807) is 29.2 Å². The Kier molecular flexibility index (Phi) is 9.80. The predicted molar refractivity (Wildman–Crippen MR) is 140 cm³/mol. The molecular weight excluding hydrogens is 442 g/mol. The molecule has 0 spiro atoms. The zero-order chi connectivity index (χ0) is 25.0. The lowest BCUT2D eigenvalue weighted by molar-refractivity contribution is -0.136. The summed E-state index contributed by atoms with van der Waals surface area (Å²) < 4.78 is 10.1. The second-order valence-corrected chi connectivity index (χ2v) is 8.11. The largest absolute Gasteiger partial charge is 0.466 e. The van der Waals surface area contributed by atoms with E-state index in [2.05, 4.69) is 11.1 Å². The van der Waals surface area contributed by atoms with Crippen molar-refractivity contribution in [3.63, 3.8) is 0 Å². The van der Waals surface area contributed by atoms with Gasteiger partial charge in [0.2, 0.25) is 0 Å². The minimum Gasteiger partial charge on any atom is -0.466 e. The molecule has 7 heteroatoms. The van der Waals surface area contributed by atoms with Crippen LogP contribution in [0.25, 0.3) is 5.57 Å². The van der Waals surface area contributed by atoms with Crippen LogP contribution in [0.3, 0.4) is 0 Å². The van der Waals surface area contributed by atoms with E-state index in [0.717, 1.165) is 28.8 Å². The molecule has 1 heterocycles. The Morgan fingerprint density at radius 1 is 1.11 bits per heavy atom. The van der Waals surface area contributed by atoms with Crippen molar-refractivity contribution in [2.24, 2.45) is 4.99 Å². The Morgan fingerprint density at radius 3 is 2.74 bits per heavy atom. The lowest BCUT2D eigenvalue weighted by Crippen LogP contribution is -2.45. The van der Waals surface area contributed by atoms with Crippen LogP contribution in [0, 0.1) is 0 Å². The average molecular weight is 476 g/mol. The molecule has 184 valence electrons. The van der Waals surface area contributed by atoms with E-state index < -0.39 is 0 Å². The van der Waals surface area contributed by atoms with Crippen molar-refractivity contribution in [1.29, 1.82) is 0 Å². The maximum atomic E-state index is 13.7. The van der Waals surface area contributed by atoms with Crippen molar-refractivity contribution < 1.29 is 19.1 Å². The van der Waals surface area contributed by atoms with Crippen molar-refractivity contribution in [1.82, 2.24) is 4.90 Å². The number of methoxy groups -OCH3 is 2. The number of allylic oxidation sites excluding steroid dienone is 6. The van der Waals surface area contributed by atoms with Gasteiger partial charge in [0.25, 0.3) is 0 Å². The number of rotatable bonds is 9. The van der Waals surface area contributed by atoms with Crippen LogP contribution in [0.15, 0.2) is 83.1 Å². The molecule has 1 aliphatic carbocycles. The lowest BCUT2D eigenvalue weighted by Gasteiger charge is -2.30. The maximum Gasteiger partial charge on any atom is 0.334 e. The molecule has 2 amide bonds. The zero-order valence-corrected chi connectivity index (χ0v) is 20.6. The number of likely N-dealkylation sites (N-methyl/N-ethyl adjacent to an activating group) is 1. The van der Waals surface area contributed by atoms with Crippen LogP contribution < -0.4 is 4.90 Å². The van der Waals surface area contributed by atoms with Crippen LogP contribution in [-0.4, -0.2) is 63.6 Å². The quantitative estimate of drug-likeness (QED) is 0.475. The van der Waals surface area contributed by atoms with Crippen molar-refractivity contribution in [2.45, 2.75) is 19.8 Å². The Balaban J connectivity index is 1.96. The Bertz CT molecular complexity index is 1100. The van der Waals surface area contributed by atoms with Gasteiger partial charge in [0.1, 0.15) is 0 Å². The number of amides is 2. The molecule has 0 radical (unpaired) electrons. The third-order valence-corrected chi connectivity index (χ3v) is 5.81. The third-order valence-electron chi connectivity index (χ3n) is 5.81. The molecule has 3 rings (SSSR count). The molecule has 0 saturated carbocycles. The minimum absolute atomic E-state index is 0.106. The second-order valence-electron chi connectivity index (χ2n) is 8.11. The highest BCUT2D eigenvalue weighted by Gasteiger charge is 2.23. The van der Waals surface area contributed by atoms with Gasteiger partial charge in [0.05, 0.1) is 20.3 Å². The molecule has 0 saturated heterocycles. The lowest BCUT2D eigenvalue weighted by atomic mass is 10.0. The van der Waals surface area contributed by atoms with Crippen LogP contribution in [-0.2, 0) is 14.3 Å². The molecule has 0 bridgehead atoms. The summed E-state index contributed by atoms with van der Waals surface area (Å²) in [7, 11) is 3.00. The van der Waals surface area contributed by atoms with Gasteiger partial charge in [0.15, 0.2) is 0 Å². The summed E-state index contributed by atoms with van der Waals surface area (Å²) in [5.41, 5.74) is 4.36. The van der Waals surface area contributed by atoms with Gasteiger partial charge in [-0.15, -0.1) is 0 Å². The number of aliphatic imine (C=N–C) groups is 1. The highest BCUT2D eigenvalue weighted by molar-refractivity contribution is 5.93. The number of urea groups is 1. The highest BCUT2D eigenvalue weighted by atomic mass is 16.5. The number of anilines is 1. The number of esters is 1. The van der Waals surface area contributed by atoms with E-state index in [1.165, 1.54) is 7.11 Å². The number of ether oxygens (including phenoxy) is 2. The Labute approximate surface area is 207 Å². The minimum atomic E-state index is -0.349. The molecule has 0 fully saturated rings. The van der Waals surface area contributed by atoms with Gasteiger partial charge in [-0.05, 0) is 54.7 Å². The monoisotopic (exact) mass is 475 g/mol. The molecule has 1 aromatic carbocycles. The molecule has 0 N–H and O–H groups in total. The maximum absolute atomic E-state index is 13.7. The third kappa shape index (κ3) is 7.13. The zero-order valence-electron chi connectivity index (χ0n) is 20.6. The summed E-state index contributed by atoms with van der Waals surface area (Å²) in [6.45, 7) is 3.82. The van der Waals surface area contributed by atoms with Crippen molar-refractivity contribution in [3.05, 3.63) is 83.6 Å². The van der Waals surface area contributed by atoms with Gasteiger partial charge in [-0.25, -0.2) is 9.59 Å². The normalized spacial score (nSPS) is 14.9. The number of hydrogen-bond donors (Lipinski definition) is 0. The molecule has 0 unspecified atom stereocenters. The van der Waals surface area contributed by atoms with Crippen LogP contribution in [0.2, 0.25) is 0 Å². The van der Waals surface area contributed by atoms with Crippen LogP contribution in [0.5, 0.6) is 0 Å². The van der Waals surface area contributed by atoms with E-state index in [0.29, 0.717) is 38.2 Å². The topological polar surface area (TPSA) is 71.4 Å². The molecule has 2 aliphatic rings. The molecule has 0 atom stereocenters. The predicted octanol–water partition coefficient (Wildman–Crippen LogP) is 4.94. The summed E-state index contributed by atoms with van der Waals surface area (Å²) in [5.74, 6) is -0.349. The Hall–Kier alpha value is -3.71. The van der Waals surface area contributed by atoms with Crippen molar-refractivity contribution in [2.75, 3.05) is 45.4 Å². The van der Waals surface area contributed by atoms with E-state index in [1.807, 2.05) is 61.7 Å². The first-order chi connectivity index (χ1) is 17.1. The molecular formula is C28H33N3O4. The number of nitrogens with zero attached hydrogens (tertiary/aromatic N) is 3. The fraction of sp³-hybridized carbons (Fsp3) is 0.321. The van der Waals surface area contributed by atoms with E-state index in [-0.39, 0.29) is 12.0 Å². The van der Waals surface area contributed by atoms with Gasteiger partial charge in [0, 0.05) is 43.9 Å². The number of hydrogen-bond acceptors (Lipinski definition) is 5. The van der Waals surface area contributed by atoms with Gasteiger partial charge >= 0.3 is 12.0 Å². The fourth-order valence-electron chi connectivity index (χ4n) is 3.83. The van der Waals surface area contributed by atoms with Gasteiger partial charge in [-0.2, -0.15) is 0 Å². The second kappa shape index (κ2) is 13.2. The summed E-state index contributed by atoms with van der Waals surface area (Å²) >= 11 is 0. The number of benzene rings is 1. The molecule has 7 nitrogen and oxygen atoms in total. The highest BCUT2D eigenvalue weighted by Crippen LogP contribution is 2.27. The molecule has 35 heavy (non-hydrogen) atoms. The number of carbonyl (C=O) groups is 2. The van der Waals surface area contributed by atoms with Crippen LogP contribution in [0.4, 0.5) is 10.5 Å². The number of carbonyl (C=O) groups excluding carboxylic acids is 2. The van der Waals surface area contributed by atoms with Crippen molar-refractivity contribution in [3.8, 4) is 0 Å². The Morgan fingerprint density at radius 2 is 1.97 bits per heavy atom. The molecule has 0 aromatic heterocycles. The van der Waals surface area contributed by atoms with Crippen LogP contribution in [0.1, 0.15) is 25.3 Å². The summed E-state index contributed by atoms with van der Waals surface area (Å²) in [6.07, 6.45) is 16.4. The van der Waals surface area contributed by atoms with E-state index >= 15 is 0 Å². The summed E-state index contributed by atoms with van der Waals surface area (Å²) in [6, 6.07) is 7.86. The molecule has 1 aliphatic heterocycles. The average Bonchev–Trinajstić information content (AvgIpc) is 3.31.